The van der Waals surface area contributed by atoms with E-state index < -0.39 is 10.0 Å². The highest BCUT2D eigenvalue weighted by Gasteiger charge is 2.17. The van der Waals surface area contributed by atoms with Gasteiger partial charge in [0.1, 0.15) is 0 Å². The van der Waals surface area contributed by atoms with E-state index in [2.05, 4.69) is 19.2 Å². The zero-order chi connectivity index (χ0) is 17.9. The standard InChI is InChI=1S/C18H22N2O3S/c1-13(2)15-6-5-7-16(12-15)19-18(21)14-8-10-17(11-9-14)24(22,23)20(3)4/h5-13H,1-4H3,(H,19,21). The van der Waals surface area contributed by atoms with Crippen molar-refractivity contribution in [2.75, 3.05) is 19.4 Å². The molecule has 0 aliphatic rings. The summed E-state index contributed by atoms with van der Waals surface area (Å²) >= 11 is 0. The Kier molecular flexibility index (Phi) is 5.41. The van der Waals surface area contributed by atoms with Gasteiger partial charge in [0.2, 0.25) is 10.0 Å². The molecule has 0 bridgehead atoms. The van der Waals surface area contributed by atoms with Crippen molar-refractivity contribution in [3.05, 3.63) is 59.7 Å². The Morgan fingerprint density at radius 2 is 1.67 bits per heavy atom. The lowest BCUT2D eigenvalue weighted by Crippen LogP contribution is -2.22. The first-order valence-corrected chi connectivity index (χ1v) is 9.09. The number of hydrogen-bond donors (Lipinski definition) is 1. The Morgan fingerprint density at radius 3 is 2.21 bits per heavy atom. The second-order valence-electron chi connectivity index (χ2n) is 6.05. The van der Waals surface area contributed by atoms with E-state index in [0.717, 1.165) is 15.6 Å². The molecule has 0 atom stereocenters. The summed E-state index contributed by atoms with van der Waals surface area (Å²) in [6.07, 6.45) is 0. The zero-order valence-electron chi connectivity index (χ0n) is 14.3. The van der Waals surface area contributed by atoms with E-state index in [0.29, 0.717) is 11.5 Å². The van der Waals surface area contributed by atoms with Crippen LogP contribution in [-0.4, -0.2) is 32.7 Å². The monoisotopic (exact) mass is 346 g/mol. The number of benzene rings is 2. The number of nitrogens with one attached hydrogen (secondary N) is 1. The Labute approximate surface area is 143 Å². The predicted molar refractivity (Wildman–Crippen MR) is 95.8 cm³/mol. The lowest BCUT2D eigenvalue weighted by atomic mass is 10.0. The molecule has 0 unspecified atom stereocenters. The average molecular weight is 346 g/mol. The number of rotatable bonds is 5. The van der Waals surface area contributed by atoms with Crippen LogP contribution in [0.2, 0.25) is 0 Å². The fraction of sp³-hybridized carbons (Fsp3) is 0.278. The summed E-state index contributed by atoms with van der Waals surface area (Å²) in [7, 11) is -0.552. The van der Waals surface area contributed by atoms with Crippen molar-refractivity contribution in [3.63, 3.8) is 0 Å². The molecule has 0 fully saturated rings. The number of carbonyl (C=O) groups is 1. The van der Waals surface area contributed by atoms with Crippen LogP contribution in [0.3, 0.4) is 0 Å². The molecule has 0 spiro atoms. The van der Waals surface area contributed by atoms with Gasteiger partial charge in [-0.1, -0.05) is 26.0 Å². The smallest absolute Gasteiger partial charge is 0.255 e. The fourth-order valence-electron chi connectivity index (χ4n) is 2.17. The van der Waals surface area contributed by atoms with Crippen molar-refractivity contribution in [1.29, 1.82) is 0 Å². The lowest BCUT2D eigenvalue weighted by Gasteiger charge is -2.12. The molecule has 2 aromatic rings. The summed E-state index contributed by atoms with van der Waals surface area (Å²) in [6.45, 7) is 4.18. The van der Waals surface area contributed by atoms with Crippen LogP contribution in [-0.2, 0) is 10.0 Å². The minimum Gasteiger partial charge on any atom is -0.322 e. The van der Waals surface area contributed by atoms with Crippen LogP contribution in [0.5, 0.6) is 0 Å². The molecule has 0 aromatic heterocycles. The van der Waals surface area contributed by atoms with Crippen molar-refractivity contribution in [2.24, 2.45) is 0 Å². The largest absolute Gasteiger partial charge is 0.322 e. The first-order chi connectivity index (χ1) is 11.2. The molecule has 0 aliphatic carbocycles. The highest BCUT2D eigenvalue weighted by molar-refractivity contribution is 7.89. The highest BCUT2D eigenvalue weighted by atomic mass is 32.2. The van der Waals surface area contributed by atoms with Crippen LogP contribution in [0, 0.1) is 0 Å². The van der Waals surface area contributed by atoms with Gasteiger partial charge in [0.05, 0.1) is 4.90 Å². The molecule has 2 aromatic carbocycles. The van der Waals surface area contributed by atoms with Crippen LogP contribution >= 0.6 is 0 Å². The summed E-state index contributed by atoms with van der Waals surface area (Å²) in [5.41, 5.74) is 2.26. The zero-order valence-corrected chi connectivity index (χ0v) is 15.1. The topological polar surface area (TPSA) is 66.5 Å². The highest BCUT2D eigenvalue weighted by Crippen LogP contribution is 2.20. The molecule has 1 N–H and O–H groups in total. The van der Waals surface area contributed by atoms with Crippen LogP contribution in [0.4, 0.5) is 5.69 Å². The number of sulfonamides is 1. The molecule has 0 saturated carbocycles. The molecular formula is C18H22N2O3S. The van der Waals surface area contributed by atoms with Gasteiger partial charge in [-0.05, 0) is 47.9 Å². The second-order valence-corrected chi connectivity index (χ2v) is 8.20. The van der Waals surface area contributed by atoms with Gasteiger partial charge in [0.15, 0.2) is 0 Å². The third-order valence-corrected chi connectivity index (χ3v) is 5.54. The van der Waals surface area contributed by atoms with Crippen molar-refractivity contribution in [3.8, 4) is 0 Å². The fourth-order valence-corrected chi connectivity index (χ4v) is 3.07. The summed E-state index contributed by atoms with van der Waals surface area (Å²) in [6, 6.07) is 13.6. The molecule has 5 nitrogen and oxygen atoms in total. The van der Waals surface area contributed by atoms with Crippen LogP contribution in [0.1, 0.15) is 35.7 Å². The Morgan fingerprint density at radius 1 is 1.04 bits per heavy atom. The average Bonchev–Trinajstić information content (AvgIpc) is 2.55. The van der Waals surface area contributed by atoms with Gasteiger partial charge in [0, 0.05) is 25.3 Å². The van der Waals surface area contributed by atoms with Crippen molar-refractivity contribution < 1.29 is 13.2 Å². The molecule has 0 heterocycles. The SMILES string of the molecule is CC(C)c1cccc(NC(=O)c2ccc(S(=O)(=O)N(C)C)cc2)c1. The van der Waals surface area contributed by atoms with Gasteiger partial charge >= 0.3 is 0 Å². The molecule has 6 heteroatoms. The van der Waals surface area contributed by atoms with Crippen molar-refractivity contribution in [2.45, 2.75) is 24.7 Å². The number of hydrogen-bond acceptors (Lipinski definition) is 3. The van der Waals surface area contributed by atoms with Gasteiger partial charge in [0.25, 0.3) is 5.91 Å². The molecule has 0 saturated heterocycles. The van der Waals surface area contributed by atoms with E-state index in [4.69, 9.17) is 0 Å². The number of nitrogens with zero attached hydrogens (tertiary/aromatic N) is 1. The Hall–Kier alpha value is -2.18. The first kappa shape index (κ1) is 18.2. The molecule has 0 aliphatic heterocycles. The summed E-state index contributed by atoms with van der Waals surface area (Å²) in [5.74, 6) is 0.0992. The van der Waals surface area contributed by atoms with Gasteiger partial charge < -0.3 is 5.32 Å². The van der Waals surface area contributed by atoms with Gasteiger partial charge in [-0.25, -0.2) is 12.7 Å². The first-order valence-electron chi connectivity index (χ1n) is 7.65. The van der Waals surface area contributed by atoms with Gasteiger partial charge in [-0.2, -0.15) is 0 Å². The van der Waals surface area contributed by atoms with Crippen LogP contribution < -0.4 is 5.32 Å². The number of carbonyl (C=O) groups excluding carboxylic acids is 1. The van der Waals surface area contributed by atoms with E-state index >= 15 is 0 Å². The lowest BCUT2D eigenvalue weighted by molar-refractivity contribution is 0.102. The maximum absolute atomic E-state index is 12.3. The quantitative estimate of drug-likeness (QED) is 0.903. The molecule has 0 radical (unpaired) electrons. The van der Waals surface area contributed by atoms with Crippen LogP contribution in [0.25, 0.3) is 0 Å². The third-order valence-electron chi connectivity index (χ3n) is 3.71. The summed E-state index contributed by atoms with van der Waals surface area (Å²) in [5, 5.41) is 2.84. The maximum Gasteiger partial charge on any atom is 0.255 e. The van der Waals surface area contributed by atoms with E-state index in [-0.39, 0.29) is 10.8 Å². The Bertz CT molecular complexity index is 826. The number of amides is 1. The second kappa shape index (κ2) is 7.15. The molecule has 128 valence electrons. The maximum atomic E-state index is 12.3. The van der Waals surface area contributed by atoms with Gasteiger partial charge in [-0.3, -0.25) is 4.79 Å². The van der Waals surface area contributed by atoms with Gasteiger partial charge in [-0.15, -0.1) is 0 Å². The third kappa shape index (κ3) is 4.01. The van der Waals surface area contributed by atoms with E-state index in [1.165, 1.54) is 38.4 Å². The molecule has 1 amide bonds. The van der Waals surface area contributed by atoms with Crippen molar-refractivity contribution in [1.82, 2.24) is 4.31 Å². The van der Waals surface area contributed by atoms with E-state index in [1.54, 1.807) is 0 Å². The van der Waals surface area contributed by atoms with E-state index in [9.17, 15) is 13.2 Å². The minimum absolute atomic E-state index is 0.158. The molecular weight excluding hydrogens is 324 g/mol. The predicted octanol–water partition coefficient (Wildman–Crippen LogP) is 3.31. The Balaban J connectivity index is 2.18. The molecule has 2 rings (SSSR count). The van der Waals surface area contributed by atoms with Crippen molar-refractivity contribution >= 4 is 21.6 Å². The summed E-state index contributed by atoms with van der Waals surface area (Å²) in [4.78, 5) is 12.5. The van der Waals surface area contributed by atoms with Crippen LogP contribution in [0.15, 0.2) is 53.4 Å². The summed E-state index contributed by atoms with van der Waals surface area (Å²) < 4.78 is 25.2. The number of anilines is 1. The molecule has 24 heavy (non-hydrogen) atoms. The van der Waals surface area contributed by atoms with E-state index in [1.807, 2.05) is 24.3 Å². The minimum atomic E-state index is -3.49. The normalized spacial score (nSPS) is 11.8.